The van der Waals surface area contributed by atoms with E-state index < -0.39 is 0 Å². The summed E-state index contributed by atoms with van der Waals surface area (Å²) in [7, 11) is 0. The first kappa shape index (κ1) is 15.0. The summed E-state index contributed by atoms with van der Waals surface area (Å²) in [4.78, 5) is 0. The molecule has 0 spiro atoms. The lowest BCUT2D eigenvalue weighted by Gasteiger charge is -2.14. The Balaban J connectivity index is 2.13. The Morgan fingerprint density at radius 1 is 1.05 bits per heavy atom. The van der Waals surface area contributed by atoms with Crippen molar-refractivity contribution in [2.75, 3.05) is 10.6 Å². The number of benzene rings is 2. The van der Waals surface area contributed by atoms with Crippen LogP contribution in [0.5, 0.6) is 0 Å². The summed E-state index contributed by atoms with van der Waals surface area (Å²) in [5.74, 6) is -0.293. The van der Waals surface area contributed by atoms with Crippen LogP contribution in [0.3, 0.4) is 0 Å². The first-order valence-electron chi connectivity index (χ1n) is 5.76. The Morgan fingerprint density at radius 3 is 2.40 bits per heavy atom. The fourth-order valence-corrected chi connectivity index (χ4v) is 2.19. The summed E-state index contributed by atoms with van der Waals surface area (Å²) in [5.41, 5.74) is 1.68. The first-order chi connectivity index (χ1) is 9.49. The normalized spacial score (nSPS) is 10.2. The molecule has 2 aromatic carbocycles. The molecule has 0 atom stereocenters. The summed E-state index contributed by atoms with van der Waals surface area (Å²) in [6.07, 6.45) is 0. The number of thiocarbonyl (C=S) groups is 1. The molecule has 2 nitrogen and oxygen atoms in total. The number of anilines is 2. The van der Waals surface area contributed by atoms with Crippen molar-refractivity contribution in [1.29, 1.82) is 0 Å². The van der Waals surface area contributed by atoms with Crippen LogP contribution in [0.1, 0.15) is 5.56 Å². The summed E-state index contributed by atoms with van der Waals surface area (Å²) in [5, 5.41) is 6.98. The molecule has 0 heterocycles. The van der Waals surface area contributed by atoms with Gasteiger partial charge in [-0.05, 0) is 43.4 Å². The van der Waals surface area contributed by atoms with E-state index in [1.54, 1.807) is 37.3 Å². The van der Waals surface area contributed by atoms with Crippen molar-refractivity contribution < 1.29 is 4.39 Å². The standard InChI is InChI=1S/C14H11Cl2FN2S/c1-8-10(17)5-3-6-11(8)18-14(20)19-12-7-2-4-9(15)13(12)16/h2-7H,1H3,(H2,18,19,20). The topological polar surface area (TPSA) is 24.1 Å². The molecule has 0 aromatic heterocycles. The molecule has 0 radical (unpaired) electrons. The highest BCUT2D eigenvalue weighted by Crippen LogP contribution is 2.29. The maximum atomic E-state index is 13.4. The Morgan fingerprint density at radius 2 is 1.65 bits per heavy atom. The fourth-order valence-electron chi connectivity index (χ4n) is 1.62. The molecule has 0 saturated carbocycles. The van der Waals surface area contributed by atoms with Crippen molar-refractivity contribution in [3.8, 4) is 0 Å². The van der Waals surface area contributed by atoms with E-state index in [0.717, 1.165) is 0 Å². The van der Waals surface area contributed by atoms with Crippen LogP contribution in [0.4, 0.5) is 15.8 Å². The van der Waals surface area contributed by atoms with Crippen LogP contribution in [-0.2, 0) is 0 Å². The molecule has 0 aliphatic carbocycles. The van der Waals surface area contributed by atoms with Gasteiger partial charge in [-0.1, -0.05) is 35.3 Å². The van der Waals surface area contributed by atoms with E-state index >= 15 is 0 Å². The van der Waals surface area contributed by atoms with Crippen LogP contribution >= 0.6 is 35.4 Å². The molecule has 6 heteroatoms. The number of nitrogens with one attached hydrogen (secondary N) is 2. The molecular formula is C14H11Cl2FN2S. The Hall–Kier alpha value is -1.36. The molecule has 0 saturated heterocycles. The third-order valence-corrected chi connectivity index (χ3v) is 3.74. The number of rotatable bonds is 2. The first-order valence-corrected chi connectivity index (χ1v) is 6.92. The molecule has 2 aromatic rings. The van der Waals surface area contributed by atoms with Gasteiger partial charge < -0.3 is 10.6 Å². The quantitative estimate of drug-likeness (QED) is 0.736. The summed E-state index contributed by atoms with van der Waals surface area (Å²) < 4.78 is 13.4. The monoisotopic (exact) mass is 328 g/mol. The van der Waals surface area contributed by atoms with E-state index in [0.29, 0.717) is 32.1 Å². The molecule has 20 heavy (non-hydrogen) atoms. The maximum absolute atomic E-state index is 13.4. The Labute approximate surface area is 131 Å². The molecule has 0 bridgehead atoms. The molecule has 104 valence electrons. The van der Waals surface area contributed by atoms with Crippen molar-refractivity contribution >= 4 is 51.9 Å². The predicted octanol–water partition coefficient (Wildman–Crippen LogP) is 5.25. The average Bonchev–Trinajstić information content (AvgIpc) is 2.40. The van der Waals surface area contributed by atoms with Gasteiger partial charge in [0.25, 0.3) is 0 Å². The van der Waals surface area contributed by atoms with Crippen LogP contribution in [0.2, 0.25) is 10.0 Å². The highest BCUT2D eigenvalue weighted by atomic mass is 35.5. The van der Waals surface area contributed by atoms with Crippen molar-refractivity contribution in [1.82, 2.24) is 0 Å². The minimum Gasteiger partial charge on any atom is -0.332 e. The second-order valence-corrected chi connectivity index (χ2v) is 5.29. The molecule has 0 aliphatic heterocycles. The minimum atomic E-state index is -0.293. The van der Waals surface area contributed by atoms with Gasteiger partial charge in [0, 0.05) is 11.3 Å². The van der Waals surface area contributed by atoms with Crippen molar-refractivity contribution in [3.63, 3.8) is 0 Å². The molecule has 0 fully saturated rings. The van der Waals surface area contributed by atoms with Crippen LogP contribution < -0.4 is 10.6 Å². The van der Waals surface area contributed by atoms with E-state index in [1.165, 1.54) is 6.07 Å². The van der Waals surface area contributed by atoms with Gasteiger partial charge in [-0.15, -0.1) is 0 Å². The van der Waals surface area contributed by atoms with E-state index in [1.807, 2.05) is 0 Å². The molecular weight excluding hydrogens is 318 g/mol. The SMILES string of the molecule is Cc1c(F)cccc1NC(=S)Nc1cccc(Cl)c1Cl. The minimum absolute atomic E-state index is 0.293. The Bertz CT molecular complexity index is 606. The second kappa shape index (κ2) is 6.39. The largest absolute Gasteiger partial charge is 0.332 e. The molecule has 0 amide bonds. The van der Waals surface area contributed by atoms with Crippen LogP contribution in [0.15, 0.2) is 36.4 Å². The summed E-state index contributed by atoms with van der Waals surface area (Å²) >= 11 is 17.2. The lowest BCUT2D eigenvalue weighted by molar-refractivity contribution is 0.619. The molecule has 0 aliphatic rings. The lowest BCUT2D eigenvalue weighted by atomic mass is 10.2. The van der Waals surface area contributed by atoms with Crippen molar-refractivity contribution in [2.45, 2.75) is 6.92 Å². The van der Waals surface area contributed by atoms with Gasteiger partial charge in [-0.25, -0.2) is 4.39 Å². The third-order valence-electron chi connectivity index (χ3n) is 2.72. The third kappa shape index (κ3) is 3.39. The smallest absolute Gasteiger partial charge is 0.175 e. The number of halogens is 3. The van der Waals surface area contributed by atoms with Crippen molar-refractivity contribution in [2.24, 2.45) is 0 Å². The van der Waals surface area contributed by atoms with Gasteiger partial charge >= 0.3 is 0 Å². The predicted molar refractivity (Wildman–Crippen MR) is 87.4 cm³/mol. The summed E-state index contributed by atoms with van der Waals surface area (Å²) in [6, 6.07) is 9.94. The van der Waals surface area contributed by atoms with Crippen LogP contribution in [-0.4, -0.2) is 5.11 Å². The van der Waals surface area contributed by atoms with E-state index in [9.17, 15) is 4.39 Å². The van der Waals surface area contributed by atoms with Gasteiger partial charge in [0.2, 0.25) is 0 Å². The van der Waals surface area contributed by atoms with E-state index in [2.05, 4.69) is 10.6 Å². The highest BCUT2D eigenvalue weighted by Gasteiger charge is 2.08. The van der Waals surface area contributed by atoms with Gasteiger partial charge in [0.15, 0.2) is 5.11 Å². The molecule has 2 N–H and O–H groups in total. The average molecular weight is 329 g/mol. The maximum Gasteiger partial charge on any atom is 0.175 e. The van der Waals surface area contributed by atoms with E-state index in [-0.39, 0.29) is 5.82 Å². The number of hydrogen-bond acceptors (Lipinski definition) is 1. The van der Waals surface area contributed by atoms with Gasteiger partial charge in [0.05, 0.1) is 15.7 Å². The Kier molecular flexibility index (Phi) is 4.81. The highest BCUT2D eigenvalue weighted by molar-refractivity contribution is 7.80. The van der Waals surface area contributed by atoms with Crippen LogP contribution in [0.25, 0.3) is 0 Å². The molecule has 0 unspecified atom stereocenters. The van der Waals surface area contributed by atoms with Crippen LogP contribution in [0, 0.1) is 12.7 Å². The zero-order chi connectivity index (χ0) is 14.7. The number of hydrogen-bond donors (Lipinski definition) is 2. The van der Waals surface area contributed by atoms with Crippen molar-refractivity contribution in [3.05, 3.63) is 57.8 Å². The lowest BCUT2D eigenvalue weighted by Crippen LogP contribution is -2.20. The fraction of sp³-hybridized carbons (Fsp3) is 0.0714. The molecule has 2 rings (SSSR count). The summed E-state index contributed by atoms with van der Waals surface area (Å²) in [6.45, 7) is 1.67. The van der Waals surface area contributed by atoms with Gasteiger partial charge in [-0.2, -0.15) is 0 Å². The van der Waals surface area contributed by atoms with Gasteiger partial charge in [0.1, 0.15) is 5.82 Å². The zero-order valence-corrected chi connectivity index (χ0v) is 12.8. The second-order valence-electron chi connectivity index (χ2n) is 4.09. The zero-order valence-electron chi connectivity index (χ0n) is 10.5. The van der Waals surface area contributed by atoms with E-state index in [4.69, 9.17) is 35.4 Å². The van der Waals surface area contributed by atoms with Gasteiger partial charge in [-0.3, -0.25) is 0 Å².